The minimum atomic E-state index is 0.160. The number of methoxy groups -OCH3 is 2. The van der Waals surface area contributed by atoms with E-state index in [4.69, 9.17) is 14.5 Å². The molecule has 1 N–H and O–H groups in total. The van der Waals surface area contributed by atoms with Gasteiger partial charge in [0, 0.05) is 16.6 Å². The second kappa shape index (κ2) is 7.87. The summed E-state index contributed by atoms with van der Waals surface area (Å²) in [5, 5.41) is 3.58. The second-order valence-electron chi connectivity index (χ2n) is 7.00. The highest BCUT2D eigenvalue weighted by atomic mass is 79.9. The van der Waals surface area contributed by atoms with Gasteiger partial charge in [0.25, 0.3) is 0 Å². The normalized spacial score (nSPS) is 13.9. The van der Waals surface area contributed by atoms with Crippen LogP contribution in [0.25, 0.3) is 11.3 Å². The van der Waals surface area contributed by atoms with Crippen molar-refractivity contribution in [2.45, 2.75) is 32.4 Å². The van der Waals surface area contributed by atoms with E-state index in [2.05, 4.69) is 69.1 Å². The lowest BCUT2D eigenvalue weighted by Gasteiger charge is -2.17. The van der Waals surface area contributed by atoms with Crippen LogP contribution in [0.1, 0.15) is 30.5 Å². The van der Waals surface area contributed by atoms with E-state index in [1.807, 2.05) is 6.20 Å². The van der Waals surface area contributed by atoms with Crippen LogP contribution in [0.5, 0.6) is 11.5 Å². The van der Waals surface area contributed by atoms with Crippen LogP contribution in [0.3, 0.4) is 0 Å². The fourth-order valence-electron chi connectivity index (χ4n) is 3.75. The standard InChI is InChI=1S/C22H24BrN3O2/c1-14(15-6-8-17(23)9-7-15)25-22-24-13-19-18-12-21(28-3)20(27-2)11-16(18)5-4-10-26(19)22/h6-9,11-14H,4-5,10H2,1-3H3,(H,24,25). The molecule has 5 nitrogen and oxygen atoms in total. The molecule has 0 spiro atoms. The number of aryl methyl sites for hydroxylation is 1. The number of rotatable bonds is 5. The Hall–Kier alpha value is -2.47. The number of nitrogens with zero attached hydrogens (tertiary/aromatic N) is 2. The van der Waals surface area contributed by atoms with Crippen molar-refractivity contribution in [2.24, 2.45) is 0 Å². The summed E-state index contributed by atoms with van der Waals surface area (Å²) in [6.07, 6.45) is 4.00. The van der Waals surface area contributed by atoms with E-state index in [1.54, 1.807) is 14.2 Å². The SMILES string of the molecule is COc1cc2c(cc1OC)-c1cnc(NC(C)c3ccc(Br)cc3)n1CCC2. The number of hydrogen-bond acceptors (Lipinski definition) is 4. The molecule has 1 aliphatic rings. The maximum absolute atomic E-state index is 5.52. The second-order valence-corrected chi connectivity index (χ2v) is 7.92. The predicted molar refractivity (Wildman–Crippen MR) is 115 cm³/mol. The fraction of sp³-hybridized carbons (Fsp3) is 0.318. The van der Waals surface area contributed by atoms with E-state index in [1.165, 1.54) is 11.1 Å². The molecule has 6 heteroatoms. The Morgan fingerprint density at radius 2 is 1.82 bits per heavy atom. The molecule has 0 aliphatic carbocycles. The molecule has 0 saturated heterocycles. The Bertz CT molecular complexity index is 982. The van der Waals surface area contributed by atoms with Gasteiger partial charge in [-0.1, -0.05) is 28.1 Å². The molecule has 146 valence electrons. The van der Waals surface area contributed by atoms with E-state index < -0.39 is 0 Å². The molecule has 1 atom stereocenters. The summed E-state index contributed by atoms with van der Waals surface area (Å²) in [5.41, 5.74) is 4.76. The Labute approximate surface area is 173 Å². The molecular weight excluding hydrogens is 418 g/mol. The van der Waals surface area contributed by atoms with Gasteiger partial charge in [0.2, 0.25) is 5.95 Å². The largest absolute Gasteiger partial charge is 0.493 e. The number of benzene rings is 2. The van der Waals surface area contributed by atoms with Crippen LogP contribution in [0.15, 0.2) is 47.1 Å². The molecule has 1 aromatic heterocycles. The van der Waals surface area contributed by atoms with Crippen LogP contribution < -0.4 is 14.8 Å². The lowest BCUT2D eigenvalue weighted by molar-refractivity contribution is 0.354. The van der Waals surface area contributed by atoms with Gasteiger partial charge in [-0.05, 0) is 55.2 Å². The summed E-state index contributed by atoms with van der Waals surface area (Å²) in [7, 11) is 3.35. The molecule has 1 aliphatic heterocycles. The zero-order chi connectivity index (χ0) is 19.7. The van der Waals surface area contributed by atoms with Gasteiger partial charge in [0.15, 0.2) is 11.5 Å². The molecular formula is C22H24BrN3O2. The summed E-state index contributed by atoms with van der Waals surface area (Å²) >= 11 is 3.49. The monoisotopic (exact) mass is 441 g/mol. The Kier molecular flexibility index (Phi) is 5.31. The topological polar surface area (TPSA) is 48.3 Å². The molecule has 28 heavy (non-hydrogen) atoms. The van der Waals surface area contributed by atoms with Crippen molar-refractivity contribution in [3.05, 3.63) is 58.2 Å². The molecule has 1 unspecified atom stereocenters. The fourth-order valence-corrected chi connectivity index (χ4v) is 4.02. The van der Waals surface area contributed by atoms with Crippen LogP contribution in [0.2, 0.25) is 0 Å². The third kappa shape index (κ3) is 3.49. The minimum absolute atomic E-state index is 0.160. The lowest BCUT2D eigenvalue weighted by atomic mass is 10.0. The summed E-state index contributed by atoms with van der Waals surface area (Å²) in [4.78, 5) is 4.69. The third-order valence-electron chi connectivity index (χ3n) is 5.28. The van der Waals surface area contributed by atoms with E-state index in [-0.39, 0.29) is 6.04 Å². The number of hydrogen-bond donors (Lipinski definition) is 1. The van der Waals surface area contributed by atoms with E-state index in [0.29, 0.717) is 0 Å². The van der Waals surface area contributed by atoms with Crippen molar-refractivity contribution in [1.82, 2.24) is 9.55 Å². The molecule has 0 radical (unpaired) electrons. The smallest absolute Gasteiger partial charge is 0.203 e. The third-order valence-corrected chi connectivity index (χ3v) is 5.81. The highest BCUT2D eigenvalue weighted by molar-refractivity contribution is 9.10. The van der Waals surface area contributed by atoms with Gasteiger partial charge in [0.1, 0.15) is 0 Å². The van der Waals surface area contributed by atoms with Crippen molar-refractivity contribution in [1.29, 1.82) is 0 Å². The molecule has 4 rings (SSSR count). The lowest BCUT2D eigenvalue weighted by Crippen LogP contribution is -2.12. The number of nitrogens with one attached hydrogen (secondary N) is 1. The van der Waals surface area contributed by atoms with Crippen LogP contribution in [0, 0.1) is 0 Å². The summed E-state index contributed by atoms with van der Waals surface area (Å²) in [5.74, 6) is 2.41. The van der Waals surface area contributed by atoms with Crippen LogP contribution >= 0.6 is 15.9 Å². The molecule has 0 amide bonds. The molecule has 0 bridgehead atoms. The van der Waals surface area contributed by atoms with E-state index in [0.717, 1.165) is 52.6 Å². The Balaban J connectivity index is 1.68. The quantitative estimate of drug-likeness (QED) is 0.571. The summed E-state index contributed by atoms with van der Waals surface area (Å²) in [6, 6.07) is 12.7. The molecule has 2 aromatic carbocycles. The minimum Gasteiger partial charge on any atom is -0.493 e. The van der Waals surface area contributed by atoms with Crippen molar-refractivity contribution in [3.8, 4) is 22.8 Å². The zero-order valence-electron chi connectivity index (χ0n) is 16.3. The average Bonchev–Trinajstić information content (AvgIpc) is 3.00. The van der Waals surface area contributed by atoms with Gasteiger partial charge in [-0.15, -0.1) is 0 Å². The number of fused-ring (bicyclic) bond motifs is 3. The van der Waals surface area contributed by atoms with Crippen molar-refractivity contribution in [2.75, 3.05) is 19.5 Å². The first-order chi connectivity index (χ1) is 13.6. The number of aromatic nitrogens is 2. The van der Waals surface area contributed by atoms with Gasteiger partial charge in [-0.25, -0.2) is 4.98 Å². The summed E-state index contributed by atoms with van der Waals surface area (Å²) < 4.78 is 14.4. The molecule has 0 fully saturated rings. The van der Waals surface area contributed by atoms with E-state index >= 15 is 0 Å². The van der Waals surface area contributed by atoms with Gasteiger partial charge in [-0.3, -0.25) is 0 Å². The zero-order valence-corrected chi connectivity index (χ0v) is 17.9. The first kappa shape index (κ1) is 18.9. The van der Waals surface area contributed by atoms with Gasteiger partial charge in [-0.2, -0.15) is 0 Å². The molecule has 3 aromatic rings. The predicted octanol–water partition coefficient (Wildman–Crippen LogP) is 5.45. The van der Waals surface area contributed by atoms with Gasteiger partial charge in [0.05, 0.1) is 32.2 Å². The Morgan fingerprint density at radius 3 is 2.54 bits per heavy atom. The molecule has 2 heterocycles. The Morgan fingerprint density at radius 1 is 1.11 bits per heavy atom. The first-order valence-corrected chi connectivity index (χ1v) is 10.2. The molecule has 0 saturated carbocycles. The average molecular weight is 442 g/mol. The van der Waals surface area contributed by atoms with Crippen molar-refractivity contribution < 1.29 is 9.47 Å². The maximum Gasteiger partial charge on any atom is 0.203 e. The number of imidazole rings is 1. The highest BCUT2D eigenvalue weighted by Gasteiger charge is 2.21. The van der Waals surface area contributed by atoms with Crippen LogP contribution in [-0.4, -0.2) is 23.8 Å². The van der Waals surface area contributed by atoms with Gasteiger partial charge >= 0.3 is 0 Å². The first-order valence-electron chi connectivity index (χ1n) is 9.43. The van der Waals surface area contributed by atoms with E-state index in [9.17, 15) is 0 Å². The van der Waals surface area contributed by atoms with Crippen LogP contribution in [-0.2, 0) is 13.0 Å². The number of ether oxygens (including phenoxy) is 2. The maximum atomic E-state index is 5.52. The van der Waals surface area contributed by atoms with Crippen LogP contribution in [0.4, 0.5) is 5.95 Å². The van der Waals surface area contributed by atoms with Crippen molar-refractivity contribution >= 4 is 21.9 Å². The van der Waals surface area contributed by atoms with Gasteiger partial charge < -0.3 is 19.4 Å². The van der Waals surface area contributed by atoms with Crippen molar-refractivity contribution in [3.63, 3.8) is 0 Å². The summed E-state index contributed by atoms with van der Waals surface area (Å²) in [6.45, 7) is 3.08. The highest BCUT2D eigenvalue weighted by Crippen LogP contribution is 2.39. The number of anilines is 1. The number of halogens is 1.